The molecule has 0 unspecified atom stereocenters. The van der Waals surface area contributed by atoms with Crippen LogP contribution < -0.4 is 5.59 Å². The number of alkyl halides is 3. The molecule has 3 rings (SSSR count). The summed E-state index contributed by atoms with van der Waals surface area (Å²) >= 11 is 0. The van der Waals surface area contributed by atoms with Gasteiger partial charge in [-0.2, -0.15) is 18.3 Å². The van der Waals surface area contributed by atoms with Crippen molar-refractivity contribution in [3.8, 4) is 5.69 Å². The van der Waals surface area contributed by atoms with Crippen LogP contribution in [0.5, 0.6) is 0 Å². The molecule has 8 heteroatoms. The van der Waals surface area contributed by atoms with Gasteiger partial charge >= 0.3 is 13.3 Å². The number of nitrogens with zero attached hydrogens (tertiary/aromatic N) is 2. The summed E-state index contributed by atoms with van der Waals surface area (Å²) in [7, 11) is -0.606. The van der Waals surface area contributed by atoms with Crippen LogP contribution in [-0.2, 0) is 15.5 Å². The fourth-order valence-electron chi connectivity index (χ4n) is 2.37. The number of hydrogen-bond acceptors (Lipinski definition) is 3. The molecule has 1 aliphatic rings. The third-order valence-corrected chi connectivity index (χ3v) is 4.56. The molecule has 0 atom stereocenters. The second kappa shape index (κ2) is 5.36. The monoisotopic (exact) mass is 338 g/mol. The van der Waals surface area contributed by atoms with Gasteiger partial charge in [0.05, 0.1) is 28.0 Å². The van der Waals surface area contributed by atoms with E-state index < -0.39 is 30.1 Å². The van der Waals surface area contributed by atoms with Gasteiger partial charge < -0.3 is 9.31 Å². The lowest BCUT2D eigenvalue weighted by molar-refractivity contribution is -0.137. The van der Waals surface area contributed by atoms with Gasteiger partial charge in [0.15, 0.2) is 0 Å². The van der Waals surface area contributed by atoms with Gasteiger partial charge in [0, 0.05) is 6.20 Å². The summed E-state index contributed by atoms with van der Waals surface area (Å²) in [4.78, 5) is 0. The van der Waals surface area contributed by atoms with Crippen molar-refractivity contribution in [3.05, 3.63) is 42.1 Å². The fraction of sp³-hybridized carbons (Fsp3) is 0.438. The van der Waals surface area contributed by atoms with Crippen molar-refractivity contribution in [2.75, 3.05) is 0 Å². The van der Waals surface area contributed by atoms with Gasteiger partial charge in [0.25, 0.3) is 0 Å². The molecule has 2 aromatic rings. The summed E-state index contributed by atoms with van der Waals surface area (Å²) in [5.41, 5.74) is -0.532. The molecular formula is C16H18BF3N2O2. The van der Waals surface area contributed by atoms with Crippen molar-refractivity contribution < 1.29 is 22.5 Å². The highest BCUT2D eigenvalue weighted by Crippen LogP contribution is 2.36. The number of aromatic nitrogens is 2. The largest absolute Gasteiger partial charge is 0.516 e. The van der Waals surface area contributed by atoms with E-state index in [1.165, 1.54) is 16.8 Å². The Morgan fingerprint density at radius 3 is 2.00 bits per heavy atom. The van der Waals surface area contributed by atoms with Crippen LogP contribution in [0.25, 0.3) is 5.69 Å². The zero-order chi connectivity index (χ0) is 17.8. The summed E-state index contributed by atoms with van der Waals surface area (Å²) in [5, 5.41) is 4.37. The Morgan fingerprint density at radius 1 is 0.958 bits per heavy atom. The lowest BCUT2D eigenvalue weighted by Crippen LogP contribution is -2.41. The Hall–Kier alpha value is -1.80. The molecule has 0 radical (unpaired) electrons. The molecule has 1 fully saturated rings. The Kier molecular flexibility index (Phi) is 3.80. The highest BCUT2D eigenvalue weighted by atomic mass is 19.4. The molecule has 24 heavy (non-hydrogen) atoms. The maximum Gasteiger partial charge on any atom is 0.516 e. The Bertz CT molecular complexity index is 723. The quantitative estimate of drug-likeness (QED) is 0.789. The molecule has 1 aliphatic heterocycles. The number of rotatable bonds is 2. The smallest absolute Gasteiger partial charge is 0.398 e. The van der Waals surface area contributed by atoms with Crippen molar-refractivity contribution >= 4 is 12.7 Å². The lowest BCUT2D eigenvalue weighted by Gasteiger charge is -2.32. The van der Waals surface area contributed by atoms with Crippen molar-refractivity contribution in [2.45, 2.75) is 45.1 Å². The van der Waals surface area contributed by atoms with Crippen molar-refractivity contribution in [1.82, 2.24) is 9.78 Å². The minimum absolute atomic E-state index is 0.476. The molecule has 1 aromatic heterocycles. The van der Waals surface area contributed by atoms with Crippen LogP contribution in [0.2, 0.25) is 0 Å². The van der Waals surface area contributed by atoms with Gasteiger partial charge in [-0.05, 0) is 58.0 Å². The first-order chi connectivity index (χ1) is 11.0. The van der Waals surface area contributed by atoms with Crippen molar-refractivity contribution in [2.24, 2.45) is 0 Å². The molecule has 0 amide bonds. The average molecular weight is 338 g/mol. The van der Waals surface area contributed by atoms with Crippen LogP contribution in [0.1, 0.15) is 33.3 Å². The Morgan fingerprint density at radius 2 is 1.50 bits per heavy atom. The Labute approximate surface area is 138 Å². The number of benzene rings is 1. The van der Waals surface area contributed by atoms with E-state index >= 15 is 0 Å². The van der Waals surface area contributed by atoms with Gasteiger partial charge in [-0.3, -0.25) is 0 Å². The predicted molar refractivity (Wildman–Crippen MR) is 84.3 cm³/mol. The van der Waals surface area contributed by atoms with E-state index in [0.29, 0.717) is 11.3 Å². The Balaban J connectivity index is 1.82. The summed E-state index contributed by atoms with van der Waals surface area (Å²) in [5.74, 6) is 0. The molecule has 128 valence electrons. The molecule has 2 heterocycles. The first-order valence-electron chi connectivity index (χ1n) is 7.58. The topological polar surface area (TPSA) is 36.3 Å². The average Bonchev–Trinajstić information content (AvgIpc) is 3.02. The predicted octanol–water partition coefficient (Wildman–Crippen LogP) is 3.19. The molecule has 0 saturated carbocycles. The SMILES string of the molecule is CC1(C)OB(c2ccn(-c3ccc(C(F)(F)F)cc3)n2)OC1(C)C. The fourth-order valence-corrected chi connectivity index (χ4v) is 2.37. The molecule has 0 N–H and O–H groups in total. The third kappa shape index (κ3) is 2.96. The molecule has 0 bridgehead atoms. The summed E-state index contributed by atoms with van der Waals surface area (Å²) in [6.45, 7) is 7.78. The summed E-state index contributed by atoms with van der Waals surface area (Å²) < 4.78 is 51.2. The van der Waals surface area contributed by atoms with Gasteiger partial charge in [-0.1, -0.05) is 0 Å². The standard InChI is InChI=1S/C16H18BF3N2O2/c1-14(2)15(3,4)24-17(23-14)13-9-10-22(21-13)12-7-5-11(6-8-12)16(18,19)20/h5-10H,1-4H3. The minimum Gasteiger partial charge on any atom is -0.398 e. The second-order valence-electron chi connectivity index (χ2n) is 6.82. The van der Waals surface area contributed by atoms with Gasteiger partial charge in [0.2, 0.25) is 0 Å². The number of hydrogen-bond donors (Lipinski definition) is 0. The molecule has 1 saturated heterocycles. The molecular weight excluding hydrogens is 320 g/mol. The lowest BCUT2D eigenvalue weighted by atomic mass is 9.85. The van der Waals surface area contributed by atoms with Crippen LogP contribution in [0.3, 0.4) is 0 Å². The van der Waals surface area contributed by atoms with Crippen LogP contribution >= 0.6 is 0 Å². The first-order valence-corrected chi connectivity index (χ1v) is 7.58. The van der Waals surface area contributed by atoms with E-state index in [2.05, 4.69) is 5.10 Å². The number of halogens is 3. The van der Waals surface area contributed by atoms with Crippen LogP contribution in [0.4, 0.5) is 13.2 Å². The third-order valence-electron chi connectivity index (χ3n) is 4.56. The van der Waals surface area contributed by atoms with Gasteiger partial charge in [-0.15, -0.1) is 0 Å². The van der Waals surface area contributed by atoms with Gasteiger partial charge in [-0.25, -0.2) is 4.68 Å². The normalized spacial score (nSPS) is 19.7. The van der Waals surface area contributed by atoms with E-state index in [-0.39, 0.29) is 0 Å². The van der Waals surface area contributed by atoms with Gasteiger partial charge in [0.1, 0.15) is 0 Å². The van der Waals surface area contributed by atoms with Crippen molar-refractivity contribution in [3.63, 3.8) is 0 Å². The zero-order valence-electron chi connectivity index (χ0n) is 13.9. The minimum atomic E-state index is -4.35. The first kappa shape index (κ1) is 17.0. The van der Waals surface area contributed by atoms with Crippen LogP contribution in [-0.4, -0.2) is 28.1 Å². The highest BCUT2D eigenvalue weighted by Gasteiger charge is 2.52. The van der Waals surface area contributed by atoms with E-state index in [1.807, 2.05) is 27.7 Å². The van der Waals surface area contributed by atoms with E-state index in [0.717, 1.165) is 12.1 Å². The second-order valence-corrected chi connectivity index (χ2v) is 6.82. The van der Waals surface area contributed by atoms with E-state index in [9.17, 15) is 13.2 Å². The molecule has 1 aromatic carbocycles. The zero-order valence-corrected chi connectivity index (χ0v) is 13.9. The van der Waals surface area contributed by atoms with E-state index in [1.54, 1.807) is 12.3 Å². The maximum atomic E-state index is 12.6. The van der Waals surface area contributed by atoms with Crippen LogP contribution in [0, 0.1) is 0 Å². The molecule has 4 nitrogen and oxygen atoms in total. The molecule has 0 aliphatic carbocycles. The summed E-state index contributed by atoms with van der Waals surface area (Å²) in [6.07, 6.45) is -2.68. The highest BCUT2D eigenvalue weighted by molar-refractivity contribution is 6.61. The van der Waals surface area contributed by atoms with E-state index in [4.69, 9.17) is 9.31 Å². The molecule has 0 spiro atoms. The van der Waals surface area contributed by atoms with Crippen LogP contribution in [0.15, 0.2) is 36.5 Å². The maximum absolute atomic E-state index is 12.6. The van der Waals surface area contributed by atoms with Crippen molar-refractivity contribution in [1.29, 1.82) is 0 Å². The summed E-state index contributed by atoms with van der Waals surface area (Å²) in [6, 6.07) is 6.56.